The number of ether oxygens (including phenoxy) is 2. The number of hydrogen-bond acceptors (Lipinski definition) is 6. The number of aliphatic hydroxyl groups excluding tert-OH is 1. The van der Waals surface area contributed by atoms with Gasteiger partial charge in [0.1, 0.15) is 11.9 Å². The Bertz CT molecular complexity index is 886. The van der Waals surface area contributed by atoms with Crippen molar-refractivity contribution < 1.29 is 29.0 Å². The maximum absolute atomic E-state index is 13.1. The van der Waals surface area contributed by atoms with E-state index in [4.69, 9.17) is 9.47 Å². The lowest BCUT2D eigenvalue weighted by Crippen LogP contribution is -2.29. The van der Waals surface area contributed by atoms with Crippen LogP contribution in [0.3, 0.4) is 0 Å². The summed E-state index contributed by atoms with van der Waals surface area (Å²) in [6.07, 6.45) is 29.1. The van der Waals surface area contributed by atoms with Gasteiger partial charge in [-0.2, -0.15) is 0 Å². The second kappa shape index (κ2) is 26.1. The lowest BCUT2D eigenvalue weighted by molar-refractivity contribution is -0.144. The second-order valence-electron chi connectivity index (χ2n) is 12.6. The van der Waals surface area contributed by atoms with Gasteiger partial charge < -0.3 is 14.6 Å². The van der Waals surface area contributed by atoms with Crippen molar-refractivity contribution in [2.75, 3.05) is 0 Å². The summed E-state index contributed by atoms with van der Waals surface area (Å²) in [6, 6.07) is 0. The van der Waals surface area contributed by atoms with E-state index in [-0.39, 0.29) is 16.9 Å². The van der Waals surface area contributed by atoms with Gasteiger partial charge in [-0.1, -0.05) is 161 Å². The fraction of sp³-hybridized carbons (Fsp3) is 0.763. The first-order valence-electron chi connectivity index (χ1n) is 18.0. The zero-order valence-corrected chi connectivity index (χ0v) is 28.5. The maximum atomic E-state index is 13.1. The van der Waals surface area contributed by atoms with Crippen LogP contribution in [-0.2, 0) is 23.9 Å². The summed E-state index contributed by atoms with van der Waals surface area (Å²) in [6.45, 7) is 9.49. The molecule has 1 fully saturated rings. The molecule has 2 unspecified atom stereocenters. The predicted molar refractivity (Wildman–Crippen MR) is 180 cm³/mol. The number of allylic oxidation sites excluding steroid dienone is 2. The van der Waals surface area contributed by atoms with Gasteiger partial charge in [0, 0.05) is 0 Å². The summed E-state index contributed by atoms with van der Waals surface area (Å²) >= 11 is 0. The van der Waals surface area contributed by atoms with E-state index in [1.165, 1.54) is 116 Å². The van der Waals surface area contributed by atoms with E-state index < -0.39 is 29.9 Å². The number of carbonyl (C=O) groups is 3. The Morgan fingerprint density at radius 2 is 1.16 bits per heavy atom. The van der Waals surface area contributed by atoms with Crippen LogP contribution in [-0.4, -0.2) is 35.0 Å². The molecule has 1 aliphatic heterocycles. The predicted octanol–water partition coefficient (Wildman–Crippen LogP) is 10.2. The van der Waals surface area contributed by atoms with Gasteiger partial charge in [-0.25, -0.2) is 9.59 Å². The average Bonchev–Trinajstić information content (AvgIpc) is 3.26. The number of aliphatic hydroxyl groups is 1. The van der Waals surface area contributed by atoms with E-state index in [2.05, 4.69) is 20.4 Å². The monoisotopic (exact) mass is 616 g/mol. The van der Waals surface area contributed by atoms with E-state index >= 15 is 0 Å². The Hall–Kier alpha value is -2.21. The van der Waals surface area contributed by atoms with Gasteiger partial charge in [-0.3, -0.25) is 4.79 Å². The molecule has 1 N–H and O–H groups in total. The van der Waals surface area contributed by atoms with Crippen LogP contribution < -0.4 is 0 Å². The van der Waals surface area contributed by atoms with Crippen molar-refractivity contribution in [3.63, 3.8) is 0 Å². The first-order chi connectivity index (χ1) is 21.3. The summed E-state index contributed by atoms with van der Waals surface area (Å²) in [5.74, 6) is -1.86. The molecule has 0 saturated carbocycles. The van der Waals surface area contributed by atoms with E-state index in [0.29, 0.717) is 12.8 Å². The fourth-order valence-electron chi connectivity index (χ4n) is 5.66. The van der Waals surface area contributed by atoms with E-state index in [1.54, 1.807) is 12.2 Å². The standard InChI is InChI=1S/C38H64O6/c1-5-7-9-11-13-15-17-19-21-23-25-27-29-33(35(40)31(3)39)37(41)44-36-32(4)43-38(42)34(36)30-28-26-24-22-20-18-16-14-12-10-8-6-2/h29-30,35-36,40H,4-28H2,1-3H3. The third-order valence-corrected chi connectivity index (χ3v) is 8.52. The van der Waals surface area contributed by atoms with Gasteiger partial charge in [0.25, 0.3) is 0 Å². The Morgan fingerprint density at radius 1 is 0.750 bits per heavy atom. The van der Waals surface area contributed by atoms with Crippen LogP contribution >= 0.6 is 0 Å². The van der Waals surface area contributed by atoms with Gasteiger partial charge in [0.15, 0.2) is 11.9 Å². The molecule has 0 aromatic heterocycles. The summed E-state index contributed by atoms with van der Waals surface area (Å²) < 4.78 is 10.8. The van der Waals surface area contributed by atoms with E-state index in [9.17, 15) is 19.5 Å². The highest BCUT2D eigenvalue weighted by Gasteiger charge is 2.38. The average molecular weight is 617 g/mol. The molecule has 2 atom stereocenters. The summed E-state index contributed by atoms with van der Waals surface area (Å²) in [4.78, 5) is 37.5. The summed E-state index contributed by atoms with van der Waals surface area (Å²) in [5.41, 5.74) is 0.180. The summed E-state index contributed by atoms with van der Waals surface area (Å²) in [5, 5.41) is 10.5. The maximum Gasteiger partial charge on any atom is 0.343 e. The number of unbranched alkanes of at least 4 members (excludes halogenated alkanes) is 22. The van der Waals surface area contributed by atoms with Crippen LogP contribution in [0.2, 0.25) is 0 Å². The molecule has 0 aromatic carbocycles. The first kappa shape index (κ1) is 39.8. The third kappa shape index (κ3) is 17.9. The lowest BCUT2D eigenvalue weighted by Gasteiger charge is -2.16. The minimum atomic E-state index is -1.56. The van der Waals surface area contributed by atoms with Crippen LogP contribution in [0, 0.1) is 0 Å². The fourth-order valence-corrected chi connectivity index (χ4v) is 5.66. The number of Topliss-reactive ketones (excluding diaryl/α,β-unsaturated/α-hetero) is 1. The van der Waals surface area contributed by atoms with Crippen molar-refractivity contribution in [3.8, 4) is 0 Å². The van der Waals surface area contributed by atoms with Crippen molar-refractivity contribution in [2.24, 2.45) is 0 Å². The van der Waals surface area contributed by atoms with Crippen molar-refractivity contribution in [1.82, 2.24) is 0 Å². The first-order valence-corrected chi connectivity index (χ1v) is 18.0. The molecule has 0 bridgehead atoms. The minimum Gasteiger partial charge on any atom is -0.446 e. The molecule has 6 nitrogen and oxygen atoms in total. The van der Waals surface area contributed by atoms with Crippen molar-refractivity contribution in [2.45, 2.75) is 187 Å². The van der Waals surface area contributed by atoms with Gasteiger partial charge in [0.05, 0.1) is 11.1 Å². The zero-order chi connectivity index (χ0) is 32.4. The molecule has 6 heteroatoms. The number of carbonyl (C=O) groups excluding carboxylic acids is 3. The van der Waals surface area contributed by atoms with Crippen LogP contribution in [0.1, 0.15) is 175 Å². The summed E-state index contributed by atoms with van der Waals surface area (Å²) in [7, 11) is 0. The molecule has 0 aromatic rings. The van der Waals surface area contributed by atoms with Crippen LogP contribution in [0.5, 0.6) is 0 Å². The van der Waals surface area contributed by atoms with Gasteiger partial charge in [-0.15, -0.1) is 0 Å². The van der Waals surface area contributed by atoms with Crippen molar-refractivity contribution in [3.05, 3.63) is 35.6 Å². The molecule has 0 amide bonds. The Labute approximate surface area is 269 Å². The SMILES string of the molecule is C=C1OC(=O)C(=CCCCCCCCCCCCCC)C1OC(=O)C(=CCCCCCCCCCCCCC)C(O)C(C)=O. The van der Waals surface area contributed by atoms with Gasteiger partial charge in [-0.05, 0) is 32.6 Å². The minimum absolute atomic E-state index is 0.0514. The molecule has 0 radical (unpaired) electrons. The number of rotatable bonds is 28. The molecular weight excluding hydrogens is 552 g/mol. The number of esters is 2. The molecule has 1 aliphatic rings. The quantitative estimate of drug-likeness (QED) is 0.0534. The zero-order valence-electron chi connectivity index (χ0n) is 28.5. The number of cyclic esters (lactones) is 1. The third-order valence-electron chi connectivity index (χ3n) is 8.52. The van der Waals surface area contributed by atoms with Crippen molar-refractivity contribution >= 4 is 17.7 Å². The normalized spacial score (nSPS) is 16.9. The lowest BCUT2D eigenvalue weighted by atomic mass is 10.0. The highest BCUT2D eigenvalue weighted by molar-refractivity contribution is 6.00. The highest BCUT2D eigenvalue weighted by atomic mass is 16.6. The second-order valence-corrected chi connectivity index (χ2v) is 12.6. The topological polar surface area (TPSA) is 89.9 Å². The highest BCUT2D eigenvalue weighted by Crippen LogP contribution is 2.28. The molecule has 252 valence electrons. The Kier molecular flexibility index (Phi) is 23.6. The van der Waals surface area contributed by atoms with Crippen LogP contribution in [0.25, 0.3) is 0 Å². The van der Waals surface area contributed by atoms with Crippen LogP contribution in [0.15, 0.2) is 35.6 Å². The molecule has 1 heterocycles. The molecule has 0 spiro atoms. The largest absolute Gasteiger partial charge is 0.446 e. The number of ketones is 1. The molecule has 0 aliphatic carbocycles. The van der Waals surface area contributed by atoms with E-state index in [0.717, 1.165) is 32.1 Å². The van der Waals surface area contributed by atoms with Gasteiger partial charge >= 0.3 is 11.9 Å². The van der Waals surface area contributed by atoms with Gasteiger partial charge in [0.2, 0.25) is 0 Å². The number of hydrogen-bond donors (Lipinski definition) is 1. The smallest absolute Gasteiger partial charge is 0.343 e. The molecule has 1 rings (SSSR count). The Balaban J connectivity index is 2.49. The van der Waals surface area contributed by atoms with E-state index in [1.807, 2.05) is 0 Å². The Morgan fingerprint density at radius 3 is 1.59 bits per heavy atom. The van der Waals surface area contributed by atoms with Crippen LogP contribution in [0.4, 0.5) is 0 Å². The molecule has 44 heavy (non-hydrogen) atoms. The molecular formula is C38H64O6. The van der Waals surface area contributed by atoms with Crippen molar-refractivity contribution in [1.29, 1.82) is 0 Å². The molecule has 1 saturated heterocycles.